The molecule has 0 bridgehead atoms. The van der Waals surface area contributed by atoms with E-state index in [2.05, 4.69) is 38.0 Å². The third kappa shape index (κ3) is 3.82. The summed E-state index contributed by atoms with van der Waals surface area (Å²) in [6, 6.07) is 7.80. The lowest BCUT2D eigenvalue weighted by Gasteiger charge is -2.35. The van der Waals surface area contributed by atoms with Crippen LogP contribution >= 0.6 is 11.6 Å². The van der Waals surface area contributed by atoms with Crippen LogP contribution in [-0.2, 0) is 13.6 Å². The summed E-state index contributed by atoms with van der Waals surface area (Å²) in [5.74, 6) is 0.905. The molecule has 0 atom stereocenters. The number of hydrogen-bond acceptors (Lipinski definition) is 5. The summed E-state index contributed by atoms with van der Waals surface area (Å²) in [6.07, 6.45) is 5.59. The van der Waals surface area contributed by atoms with Crippen molar-refractivity contribution in [1.29, 1.82) is 0 Å². The van der Waals surface area contributed by atoms with Crippen LogP contribution in [0.4, 0.5) is 5.82 Å². The molecule has 1 aromatic carbocycles. The average Bonchev–Trinajstić information content (AvgIpc) is 3.00. The number of anilines is 1. The van der Waals surface area contributed by atoms with E-state index in [0.29, 0.717) is 5.02 Å². The Hall–Kier alpha value is -2.44. The van der Waals surface area contributed by atoms with Crippen molar-refractivity contribution in [2.45, 2.75) is 13.5 Å². The van der Waals surface area contributed by atoms with Crippen LogP contribution in [0.2, 0.25) is 5.02 Å². The number of aryl methyl sites for hydroxylation is 2. The minimum atomic E-state index is 0.699. The van der Waals surface area contributed by atoms with E-state index >= 15 is 0 Å². The van der Waals surface area contributed by atoms with Crippen molar-refractivity contribution in [3.63, 3.8) is 0 Å². The van der Waals surface area contributed by atoms with Crippen LogP contribution in [0.1, 0.15) is 11.3 Å². The van der Waals surface area contributed by atoms with E-state index in [-0.39, 0.29) is 0 Å². The van der Waals surface area contributed by atoms with Gasteiger partial charge in [-0.25, -0.2) is 4.98 Å². The second-order valence-corrected chi connectivity index (χ2v) is 7.29. The van der Waals surface area contributed by atoms with E-state index in [1.807, 2.05) is 36.0 Å². The Labute approximate surface area is 164 Å². The predicted octanol–water partition coefficient (Wildman–Crippen LogP) is 3.16. The molecule has 2 aromatic heterocycles. The van der Waals surface area contributed by atoms with E-state index in [1.54, 1.807) is 12.4 Å². The number of rotatable bonds is 4. The molecule has 1 aliphatic rings. The van der Waals surface area contributed by atoms with Gasteiger partial charge in [-0.3, -0.25) is 14.6 Å². The van der Waals surface area contributed by atoms with Gasteiger partial charge in [-0.15, -0.1) is 0 Å². The molecule has 6 nitrogen and oxygen atoms in total. The van der Waals surface area contributed by atoms with Crippen molar-refractivity contribution in [1.82, 2.24) is 24.6 Å². The molecule has 0 spiro atoms. The fourth-order valence-corrected chi connectivity index (χ4v) is 3.79. The van der Waals surface area contributed by atoms with Crippen LogP contribution in [0.25, 0.3) is 11.3 Å². The Kier molecular flexibility index (Phi) is 5.09. The Balaban J connectivity index is 1.49. The number of benzene rings is 1. The SMILES string of the molecule is Cc1nn(C)cc1CN1CCN(c2nccnc2-c2ccccc2Cl)CC1. The highest BCUT2D eigenvalue weighted by Crippen LogP contribution is 2.32. The largest absolute Gasteiger partial charge is 0.352 e. The minimum absolute atomic E-state index is 0.699. The Bertz CT molecular complexity index is 930. The van der Waals surface area contributed by atoms with Crippen molar-refractivity contribution in [3.05, 3.63) is 59.1 Å². The van der Waals surface area contributed by atoms with E-state index in [4.69, 9.17) is 11.6 Å². The molecule has 0 aliphatic carbocycles. The second kappa shape index (κ2) is 7.66. The standard InChI is InChI=1S/C20H23ClN6/c1-15-16(13-25(2)24-15)14-26-9-11-27(12-10-26)20-19(22-7-8-23-20)17-5-3-4-6-18(17)21/h3-8,13H,9-12,14H2,1-2H3. The fraction of sp³-hybridized carbons (Fsp3) is 0.350. The predicted molar refractivity (Wildman–Crippen MR) is 108 cm³/mol. The lowest BCUT2D eigenvalue weighted by Crippen LogP contribution is -2.46. The van der Waals surface area contributed by atoms with Gasteiger partial charge in [0, 0.05) is 69.5 Å². The van der Waals surface area contributed by atoms with Gasteiger partial charge in [0.25, 0.3) is 0 Å². The molecule has 1 fully saturated rings. The number of hydrogen-bond donors (Lipinski definition) is 0. The van der Waals surface area contributed by atoms with Crippen molar-refractivity contribution in [3.8, 4) is 11.3 Å². The van der Waals surface area contributed by atoms with Crippen LogP contribution in [-0.4, -0.2) is 50.8 Å². The summed E-state index contributed by atoms with van der Waals surface area (Å²) >= 11 is 6.40. The summed E-state index contributed by atoms with van der Waals surface area (Å²) < 4.78 is 1.89. The molecule has 0 unspecified atom stereocenters. The molecule has 0 saturated carbocycles. The van der Waals surface area contributed by atoms with Crippen LogP contribution in [0, 0.1) is 6.92 Å². The lowest BCUT2D eigenvalue weighted by molar-refractivity contribution is 0.249. The highest BCUT2D eigenvalue weighted by molar-refractivity contribution is 6.33. The maximum atomic E-state index is 6.40. The van der Waals surface area contributed by atoms with Crippen LogP contribution in [0.3, 0.4) is 0 Å². The maximum absolute atomic E-state index is 6.40. The lowest BCUT2D eigenvalue weighted by atomic mass is 10.1. The van der Waals surface area contributed by atoms with Crippen LogP contribution < -0.4 is 4.90 Å². The quantitative estimate of drug-likeness (QED) is 0.693. The topological polar surface area (TPSA) is 50.1 Å². The summed E-state index contributed by atoms with van der Waals surface area (Å²) in [5, 5.41) is 5.14. The molecule has 1 aliphatic heterocycles. The molecule has 0 radical (unpaired) electrons. The molecule has 3 aromatic rings. The molecular formula is C20H23ClN6. The first-order valence-corrected chi connectivity index (χ1v) is 9.52. The highest BCUT2D eigenvalue weighted by atomic mass is 35.5. The Morgan fingerprint density at radius 3 is 2.48 bits per heavy atom. The van der Waals surface area contributed by atoms with Gasteiger partial charge in [-0.05, 0) is 13.0 Å². The van der Waals surface area contributed by atoms with E-state index in [1.165, 1.54) is 5.56 Å². The first kappa shape index (κ1) is 17.9. The van der Waals surface area contributed by atoms with Crippen molar-refractivity contribution in [2.24, 2.45) is 7.05 Å². The van der Waals surface area contributed by atoms with Crippen molar-refractivity contribution < 1.29 is 0 Å². The van der Waals surface area contributed by atoms with Crippen LogP contribution in [0.15, 0.2) is 42.9 Å². The van der Waals surface area contributed by atoms with E-state index < -0.39 is 0 Å². The van der Waals surface area contributed by atoms with Gasteiger partial charge >= 0.3 is 0 Å². The van der Waals surface area contributed by atoms with Gasteiger partial charge in [0.05, 0.1) is 10.7 Å². The number of halogens is 1. The van der Waals surface area contributed by atoms with Gasteiger partial charge in [-0.1, -0.05) is 29.8 Å². The number of nitrogens with zero attached hydrogens (tertiary/aromatic N) is 6. The third-order valence-corrected chi connectivity index (χ3v) is 5.32. The molecule has 4 rings (SSSR count). The monoisotopic (exact) mass is 382 g/mol. The summed E-state index contributed by atoms with van der Waals surface area (Å²) in [5.41, 5.74) is 4.17. The summed E-state index contributed by atoms with van der Waals surface area (Å²) in [4.78, 5) is 14.0. The van der Waals surface area contributed by atoms with Crippen molar-refractivity contribution in [2.75, 3.05) is 31.1 Å². The fourth-order valence-electron chi connectivity index (χ4n) is 3.57. The molecular weight excluding hydrogens is 360 g/mol. The summed E-state index contributed by atoms with van der Waals surface area (Å²) in [7, 11) is 1.97. The first-order chi connectivity index (χ1) is 13.1. The van der Waals surface area contributed by atoms with Crippen LogP contribution in [0.5, 0.6) is 0 Å². The number of aromatic nitrogens is 4. The van der Waals surface area contributed by atoms with Gasteiger partial charge in [0.15, 0.2) is 5.82 Å². The van der Waals surface area contributed by atoms with Gasteiger partial charge in [0.1, 0.15) is 5.69 Å². The molecule has 3 heterocycles. The van der Waals surface area contributed by atoms with E-state index in [9.17, 15) is 0 Å². The van der Waals surface area contributed by atoms with Crippen molar-refractivity contribution >= 4 is 17.4 Å². The Morgan fingerprint density at radius 1 is 1.04 bits per heavy atom. The molecule has 27 heavy (non-hydrogen) atoms. The number of piperazine rings is 1. The zero-order valence-corrected chi connectivity index (χ0v) is 16.4. The normalized spacial score (nSPS) is 15.3. The first-order valence-electron chi connectivity index (χ1n) is 9.14. The zero-order valence-electron chi connectivity index (χ0n) is 15.6. The van der Waals surface area contributed by atoms with Gasteiger partial charge < -0.3 is 4.90 Å². The highest BCUT2D eigenvalue weighted by Gasteiger charge is 2.22. The average molecular weight is 383 g/mol. The molecule has 0 N–H and O–H groups in total. The van der Waals surface area contributed by atoms with Gasteiger partial charge in [0.2, 0.25) is 0 Å². The summed E-state index contributed by atoms with van der Waals surface area (Å²) in [6.45, 7) is 6.79. The molecule has 140 valence electrons. The molecule has 0 amide bonds. The molecule has 7 heteroatoms. The third-order valence-electron chi connectivity index (χ3n) is 4.99. The zero-order chi connectivity index (χ0) is 18.8. The maximum Gasteiger partial charge on any atom is 0.155 e. The van der Waals surface area contributed by atoms with E-state index in [0.717, 1.165) is 55.5 Å². The molecule has 1 saturated heterocycles. The Morgan fingerprint density at radius 2 is 1.78 bits per heavy atom. The minimum Gasteiger partial charge on any atom is -0.352 e. The second-order valence-electron chi connectivity index (χ2n) is 6.89. The smallest absolute Gasteiger partial charge is 0.155 e. The van der Waals surface area contributed by atoms with Gasteiger partial charge in [-0.2, -0.15) is 5.10 Å².